The number of carbonyl (C=O) groups is 7. The average molecular weight is 1040 g/mol. The van der Waals surface area contributed by atoms with E-state index in [-0.39, 0.29) is 115 Å². The molecule has 0 aromatic rings. The SMILES string of the molecule is CCCCCCCCC(=O)OCC(COC(=O)CCCCCCCC)CC(=O)OC[C@H]1C[C@H](COC(=O)CC(COC(=O)CCCCCCCC)COC(=O)CCCCCCCC)N1C(=O)OCC1CCN1C. The van der Waals surface area contributed by atoms with Crippen LogP contribution in [0.2, 0.25) is 0 Å². The predicted molar refractivity (Wildman–Crippen MR) is 280 cm³/mol. The molecule has 0 bridgehead atoms. The molecule has 422 valence electrons. The second-order valence-corrected chi connectivity index (χ2v) is 20.8. The molecular weight excluding hydrogens is 937 g/mol. The molecular formula is C57H100N2O14. The molecule has 1 unspecified atom stereocenters. The molecule has 16 nitrogen and oxygen atoms in total. The summed E-state index contributed by atoms with van der Waals surface area (Å²) in [6.45, 7) is 8.96. The van der Waals surface area contributed by atoms with E-state index < -0.39 is 42.0 Å². The second kappa shape index (κ2) is 42.3. The van der Waals surface area contributed by atoms with Crippen molar-refractivity contribution in [2.45, 2.75) is 251 Å². The van der Waals surface area contributed by atoms with E-state index in [2.05, 4.69) is 32.6 Å². The van der Waals surface area contributed by atoms with Crippen LogP contribution in [0.3, 0.4) is 0 Å². The smallest absolute Gasteiger partial charge is 0.410 e. The van der Waals surface area contributed by atoms with Crippen LogP contribution in [0.25, 0.3) is 0 Å². The first-order valence-corrected chi connectivity index (χ1v) is 29.0. The van der Waals surface area contributed by atoms with Gasteiger partial charge in [-0.25, -0.2) is 4.79 Å². The number of carbonyl (C=O) groups excluding carboxylic acids is 7. The van der Waals surface area contributed by atoms with Crippen LogP contribution in [-0.4, -0.2) is 130 Å². The monoisotopic (exact) mass is 1040 g/mol. The van der Waals surface area contributed by atoms with Crippen molar-refractivity contribution in [1.82, 2.24) is 9.80 Å². The molecule has 16 heteroatoms. The van der Waals surface area contributed by atoms with E-state index in [1.807, 2.05) is 7.05 Å². The Morgan fingerprint density at radius 3 is 0.973 bits per heavy atom. The Balaban J connectivity index is 2.03. The van der Waals surface area contributed by atoms with Gasteiger partial charge < -0.3 is 33.2 Å². The predicted octanol–water partition coefficient (Wildman–Crippen LogP) is 11.5. The normalized spacial score (nSPS) is 16.4. The Bertz CT molecular complexity index is 1370. The molecule has 2 fully saturated rings. The fraction of sp³-hybridized carbons (Fsp3) is 0.877. The lowest BCUT2D eigenvalue weighted by Gasteiger charge is -2.47. The zero-order valence-corrected chi connectivity index (χ0v) is 46.3. The maximum Gasteiger partial charge on any atom is 0.410 e. The van der Waals surface area contributed by atoms with Crippen molar-refractivity contribution in [1.29, 1.82) is 0 Å². The minimum absolute atomic E-state index is 0.0891. The largest absolute Gasteiger partial charge is 0.465 e. The Labute approximate surface area is 440 Å². The Kier molecular flexibility index (Phi) is 37.8. The first-order chi connectivity index (χ1) is 35.4. The highest BCUT2D eigenvalue weighted by atomic mass is 16.6. The highest BCUT2D eigenvalue weighted by Crippen LogP contribution is 2.29. The van der Waals surface area contributed by atoms with E-state index >= 15 is 0 Å². The summed E-state index contributed by atoms with van der Waals surface area (Å²) in [7, 11) is 1.96. The van der Waals surface area contributed by atoms with Crippen molar-refractivity contribution < 1.29 is 66.7 Å². The fourth-order valence-electron chi connectivity index (χ4n) is 8.95. The number of hydrogen-bond acceptors (Lipinski definition) is 15. The van der Waals surface area contributed by atoms with Gasteiger partial charge >= 0.3 is 41.9 Å². The zero-order chi connectivity index (χ0) is 53.3. The Hall–Kier alpha value is -3.95. The number of likely N-dealkylation sites (N-methyl/N-ethyl adjacent to an activating group) is 1. The standard InChI is InChI=1S/C57H100N2O14/c1-6-10-14-18-22-26-30-51(60)67-39-46(40-68-52(61)31-27-23-19-15-11-7-2)36-55(64)71-44-49-38-50(59(49)57(66)73-43-48-34-35-58(48)5)45-72-56(65)37-47(41-69-53(62)32-28-24-20-16-12-8-3)42-70-54(63)33-29-25-21-17-13-9-4/h46-50H,6-45H2,1-5H3/t48?,49-,50-/m1/s1. The van der Waals surface area contributed by atoms with E-state index in [1.54, 1.807) is 0 Å². The third-order valence-electron chi connectivity index (χ3n) is 14.0. The lowest BCUT2D eigenvalue weighted by Crippen LogP contribution is -2.62. The van der Waals surface area contributed by atoms with Crippen molar-refractivity contribution in [3.8, 4) is 0 Å². The molecule has 3 atom stereocenters. The summed E-state index contributed by atoms with van der Waals surface area (Å²) in [6, 6.07) is -1.04. The molecule has 1 amide bonds. The molecule has 2 aliphatic heterocycles. The van der Waals surface area contributed by atoms with Gasteiger partial charge in [-0.2, -0.15) is 0 Å². The number of rotatable bonds is 46. The van der Waals surface area contributed by atoms with E-state index in [9.17, 15) is 33.6 Å². The van der Waals surface area contributed by atoms with Crippen LogP contribution in [0, 0.1) is 11.8 Å². The van der Waals surface area contributed by atoms with Gasteiger partial charge in [0.05, 0.1) is 51.4 Å². The number of unbranched alkanes of at least 4 members (excludes halogenated alkanes) is 20. The van der Waals surface area contributed by atoms with Crippen LogP contribution in [-0.2, 0) is 61.9 Å². The van der Waals surface area contributed by atoms with E-state index in [1.165, 1.54) is 30.6 Å². The highest BCUT2D eigenvalue weighted by Gasteiger charge is 2.45. The molecule has 0 N–H and O–H groups in total. The molecule has 0 aromatic heterocycles. The number of amides is 1. The molecule has 0 radical (unpaired) electrons. The molecule has 0 aliphatic carbocycles. The topological polar surface area (TPSA) is 191 Å². The number of hydrogen-bond donors (Lipinski definition) is 0. The number of ether oxygens (including phenoxy) is 7. The second-order valence-electron chi connectivity index (χ2n) is 20.8. The van der Waals surface area contributed by atoms with Gasteiger partial charge in [0.2, 0.25) is 0 Å². The van der Waals surface area contributed by atoms with Gasteiger partial charge in [-0.05, 0) is 52.1 Å². The minimum Gasteiger partial charge on any atom is -0.465 e. The third kappa shape index (κ3) is 32.2. The number of esters is 6. The van der Waals surface area contributed by atoms with Crippen molar-refractivity contribution in [2.75, 3.05) is 59.8 Å². The number of nitrogens with zero attached hydrogens (tertiary/aromatic N) is 2. The van der Waals surface area contributed by atoms with Gasteiger partial charge in [0.15, 0.2) is 0 Å². The van der Waals surface area contributed by atoms with Gasteiger partial charge in [0.1, 0.15) is 19.8 Å². The molecule has 2 saturated heterocycles. The molecule has 0 saturated carbocycles. The van der Waals surface area contributed by atoms with Crippen LogP contribution >= 0.6 is 0 Å². The van der Waals surface area contributed by atoms with Crippen molar-refractivity contribution in [2.24, 2.45) is 11.8 Å². The first kappa shape index (κ1) is 65.2. The van der Waals surface area contributed by atoms with Crippen LogP contribution in [0.4, 0.5) is 4.79 Å². The van der Waals surface area contributed by atoms with Gasteiger partial charge in [-0.3, -0.25) is 38.6 Å². The molecule has 73 heavy (non-hydrogen) atoms. The molecule has 2 rings (SSSR count). The van der Waals surface area contributed by atoms with Gasteiger partial charge in [0, 0.05) is 43.6 Å². The zero-order valence-electron chi connectivity index (χ0n) is 46.3. The molecule has 2 aliphatic rings. The van der Waals surface area contributed by atoms with E-state index in [0.29, 0.717) is 32.1 Å². The summed E-state index contributed by atoms with van der Waals surface area (Å²) in [6.07, 6.45) is 26.0. The van der Waals surface area contributed by atoms with E-state index in [4.69, 9.17) is 33.2 Å². The Morgan fingerprint density at radius 1 is 0.384 bits per heavy atom. The minimum atomic E-state index is -0.625. The highest BCUT2D eigenvalue weighted by molar-refractivity contribution is 5.73. The lowest BCUT2D eigenvalue weighted by molar-refractivity contribution is -0.159. The quantitative estimate of drug-likeness (QED) is 0.0318. The summed E-state index contributed by atoms with van der Waals surface area (Å²) in [5.41, 5.74) is 0. The average Bonchev–Trinajstić information content (AvgIpc) is 3.36. The lowest BCUT2D eigenvalue weighted by atomic mass is 9.94. The molecule has 0 aromatic carbocycles. The maximum absolute atomic E-state index is 13.6. The molecule has 2 heterocycles. The van der Waals surface area contributed by atoms with Gasteiger partial charge in [-0.1, -0.05) is 156 Å². The maximum atomic E-state index is 13.6. The first-order valence-electron chi connectivity index (χ1n) is 29.0. The van der Waals surface area contributed by atoms with Crippen molar-refractivity contribution in [3.63, 3.8) is 0 Å². The van der Waals surface area contributed by atoms with Crippen LogP contribution in [0.15, 0.2) is 0 Å². The van der Waals surface area contributed by atoms with Crippen molar-refractivity contribution >= 4 is 41.9 Å². The fourth-order valence-corrected chi connectivity index (χ4v) is 8.95. The van der Waals surface area contributed by atoms with Crippen LogP contribution in [0.1, 0.15) is 233 Å². The van der Waals surface area contributed by atoms with Crippen molar-refractivity contribution in [3.05, 3.63) is 0 Å². The summed E-state index contributed by atoms with van der Waals surface area (Å²) < 4.78 is 39.4. The summed E-state index contributed by atoms with van der Waals surface area (Å²) >= 11 is 0. The van der Waals surface area contributed by atoms with Gasteiger partial charge in [0.25, 0.3) is 0 Å². The van der Waals surface area contributed by atoms with Crippen LogP contribution < -0.4 is 0 Å². The number of likely N-dealkylation sites (tertiary alicyclic amines) is 2. The van der Waals surface area contributed by atoms with Gasteiger partial charge in [-0.15, -0.1) is 0 Å². The summed E-state index contributed by atoms with van der Waals surface area (Å²) in [5.74, 6) is -3.91. The van der Waals surface area contributed by atoms with Crippen LogP contribution in [0.5, 0.6) is 0 Å². The van der Waals surface area contributed by atoms with E-state index in [0.717, 1.165) is 116 Å². The third-order valence-corrected chi connectivity index (χ3v) is 14.0. The Morgan fingerprint density at radius 2 is 0.685 bits per heavy atom. The molecule has 0 spiro atoms. The summed E-state index contributed by atoms with van der Waals surface area (Å²) in [5, 5.41) is 0. The summed E-state index contributed by atoms with van der Waals surface area (Å²) in [4.78, 5) is 94.5.